The molecule has 0 aromatic carbocycles. The van der Waals surface area contributed by atoms with Crippen molar-refractivity contribution in [2.24, 2.45) is 4.99 Å². The Bertz CT molecular complexity index is 277. The van der Waals surface area contributed by atoms with Crippen LogP contribution in [0.2, 0.25) is 0 Å². The molecular formula is C15H32N4S. The molecule has 2 atom stereocenters. The summed E-state index contributed by atoms with van der Waals surface area (Å²) < 4.78 is 0. The molecule has 0 aromatic heterocycles. The first kappa shape index (κ1) is 17.6. The van der Waals surface area contributed by atoms with E-state index in [-0.39, 0.29) is 0 Å². The van der Waals surface area contributed by atoms with Gasteiger partial charge in [-0.2, -0.15) is 11.8 Å². The summed E-state index contributed by atoms with van der Waals surface area (Å²) in [6, 6.07) is 0.645. The maximum atomic E-state index is 4.71. The van der Waals surface area contributed by atoms with Gasteiger partial charge in [-0.25, -0.2) is 0 Å². The molecule has 1 aliphatic heterocycles. The number of hydrogen-bond donors (Lipinski definition) is 2. The fourth-order valence-corrected chi connectivity index (χ4v) is 3.39. The van der Waals surface area contributed by atoms with Gasteiger partial charge in [-0.3, -0.25) is 4.99 Å². The molecule has 5 heteroatoms. The Balaban J connectivity index is 2.28. The van der Waals surface area contributed by atoms with E-state index >= 15 is 0 Å². The molecule has 1 saturated heterocycles. The van der Waals surface area contributed by atoms with Crippen LogP contribution in [0.4, 0.5) is 0 Å². The average molecular weight is 301 g/mol. The van der Waals surface area contributed by atoms with E-state index in [1.165, 1.54) is 25.0 Å². The van der Waals surface area contributed by atoms with Gasteiger partial charge >= 0.3 is 0 Å². The molecular weight excluding hydrogens is 268 g/mol. The van der Waals surface area contributed by atoms with E-state index < -0.39 is 0 Å². The third-order valence-corrected chi connectivity index (χ3v) is 5.30. The van der Waals surface area contributed by atoms with Crippen LogP contribution < -0.4 is 10.6 Å². The van der Waals surface area contributed by atoms with Crippen LogP contribution in [0.25, 0.3) is 0 Å². The van der Waals surface area contributed by atoms with Crippen LogP contribution in [0.3, 0.4) is 0 Å². The average Bonchev–Trinajstić information content (AvgIpc) is 2.96. The second-order valence-electron chi connectivity index (χ2n) is 5.52. The number of likely N-dealkylation sites (N-methyl/N-ethyl adjacent to an activating group) is 1. The number of hydrogen-bond acceptors (Lipinski definition) is 3. The van der Waals surface area contributed by atoms with Gasteiger partial charge in [0, 0.05) is 30.9 Å². The van der Waals surface area contributed by atoms with Gasteiger partial charge in [-0.1, -0.05) is 6.92 Å². The predicted molar refractivity (Wildman–Crippen MR) is 91.8 cm³/mol. The lowest BCUT2D eigenvalue weighted by Crippen LogP contribution is -2.42. The minimum atomic E-state index is 0.645. The first-order valence-electron chi connectivity index (χ1n) is 8.01. The molecule has 2 unspecified atom stereocenters. The minimum absolute atomic E-state index is 0.645. The Morgan fingerprint density at radius 1 is 1.40 bits per heavy atom. The molecule has 0 spiro atoms. The highest BCUT2D eigenvalue weighted by molar-refractivity contribution is 8.00. The number of nitrogens with one attached hydrogen (secondary N) is 2. The summed E-state index contributed by atoms with van der Waals surface area (Å²) >= 11 is 2.07. The minimum Gasteiger partial charge on any atom is -0.357 e. The molecule has 1 rings (SSSR count). The summed E-state index contributed by atoms with van der Waals surface area (Å²) in [6.45, 7) is 10.5. The van der Waals surface area contributed by atoms with Crippen molar-refractivity contribution < 1.29 is 0 Å². The summed E-state index contributed by atoms with van der Waals surface area (Å²) in [5.41, 5.74) is 0. The topological polar surface area (TPSA) is 39.7 Å². The van der Waals surface area contributed by atoms with Crippen LogP contribution in [0.5, 0.6) is 0 Å². The zero-order valence-corrected chi connectivity index (χ0v) is 14.4. The lowest BCUT2D eigenvalue weighted by atomic mass is 10.2. The normalized spacial score (nSPS) is 21.2. The largest absolute Gasteiger partial charge is 0.357 e. The Hall–Kier alpha value is -0.420. The molecule has 1 heterocycles. The standard InChI is InChI=1S/C15H32N4S/c1-5-13(3)19(4)10-9-17-15(16-6-2)18-12-14-8-7-11-20-14/h13-14H,5-12H2,1-4H3,(H2,16,17,18). The Morgan fingerprint density at radius 3 is 2.80 bits per heavy atom. The van der Waals surface area contributed by atoms with Gasteiger partial charge in [-0.05, 0) is 45.9 Å². The van der Waals surface area contributed by atoms with E-state index in [9.17, 15) is 0 Å². The van der Waals surface area contributed by atoms with Gasteiger partial charge in [0.15, 0.2) is 5.96 Å². The second kappa shape index (κ2) is 10.3. The Morgan fingerprint density at radius 2 is 2.20 bits per heavy atom. The van der Waals surface area contributed by atoms with E-state index in [1.54, 1.807) is 0 Å². The van der Waals surface area contributed by atoms with Crippen molar-refractivity contribution in [3.05, 3.63) is 0 Å². The van der Waals surface area contributed by atoms with Crippen molar-refractivity contribution in [2.45, 2.75) is 51.3 Å². The lowest BCUT2D eigenvalue weighted by molar-refractivity contribution is 0.255. The summed E-state index contributed by atoms with van der Waals surface area (Å²) in [5.74, 6) is 2.28. The van der Waals surface area contributed by atoms with E-state index in [2.05, 4.69) is 55.1 Å². The maximum Gasteiger partial charge on any atom is 0.191 e. The quantitative estimate of drug-likeness (QED) is 0.532. The van der Waals surface area contributed by atoms with Crippen LogP contribution in [0.15, 0.2) is 4.99 Å². The Labute approximate surface area is 129 Å². The van der Waals surface area contributed by atoms with Crippen molar-refractivity contribution >= 4 is 17.7 Å². The van der Waals surface area contributed by atoms with Crippen molar-refractivity contribution in [2.75, 3.05) is 39.0 Å². The fourth-order valence-electron chi connectivity index (χ4n) is 2.21. The lowest BCUT2D eigenvalue weighted by Gasteiger charge is -2.24. The monoisotopic (exact) mass is 300 g/mol. The van der Waals surface area contributed by atoms with Gasteiger partial charge in [0.2, 0.25) is 0 Å². The van der Waals surface area contributed by atoms with E-state index in [0.717, 1.165) is 37.4 Å². The van der Waals surface area contributed by atoms with Crippen molar-refractivity contribution in [1.82, 2.24) is 15.5 Å². The van der Waals surface area contributed by atoms with Crippen LogP contribution in [0.1, 0.15) is 40.0 Å². The smallest absolute Gasteiger partial charge is 0.191 e. The molecule has 1 aliphatic rings. The number of thioether (sulfide) groups is 1. The van der Waals surface area contributed by atoms with Gasteiger partial charge < -0.3 is 15.5 Å². The molecule has 4 nitrogen and oxygen atoms in total. The van der Waals surface area contributed by atoms with Gasteiger partial charge in [0.05, 0.1) is 6.54 Å². The van der Waals surface area contributed by atoms with E-state index in [1.807, 2.05) is 0 Å². The summed E-state index contributed by atoms with van der Waals surface area (Å²) in [6.07, 6.45) is 3.88. The summed E-state index contributed by atoms with van der Waals surface area (Å²) in [5, 5.41) is 7.51. The number of nitrogens with zero attached hydrogens (tertiary/aromatic N) is 2. The number of aliphatic imine (C=N–C) groups is 1. The second-order valence-corrected chi connectivity index (χ2v) is 6.93. The number of rotatable bonds is 8. The SMILES string of the molecule is CCNC(=NCC1CCCS1)NCCN(C)C(C)CC. The highest BCUT2D eigenvalue weighted by Crippen LogP contribution is 2.25. The molecule has 0 aromatic rings. The molecule has 118 valence electrons. The zero-order valence-electron chi connectivity index (χ0n) is 13.6. The molecule has 1 fully saturated rings. The van der Waals surface area contributed by atoms with Crippen molar-refractivity contribution in [3.8, 4) is 0 Å². The summed E-state index contributed by atoms with van der Waals surface area (Å²) in [7, 11) is 2.19. The van der Waals surface area contributed by atoms with Crippen LogP contribution in [-0.2, 0) is 0 Å². The van der Waals surface area contributed by atoms with E-state index in [0.29, 0.717) is 6.04 Å². The number of guanidine groups is 1. The first-order chi connectivity index (χ1) is 9.67. The predicted octanol–water partition coefficient (Wildman–Crippen LogP) is 2.17. The highest BCUT2D eigenvalue weighted by Gasteiger charge is 2.15. The van der Waals surface area contributed by atoms with E-state index in [4.69, 9.17) is 4.99 Å². The van der Waals surface area contributed by atoms with Gasteiger partial charge in [0.25, 0.3) is 0 Å². The molecule has 0 amide bonds. The van der Waals surface area contributed by atoms with Crippen LogP contribution in [0, 0.1) is 0 Å². The highest BCUT2D eigenvalue weighted by atomic mass is 32.2. The van der Waals surface area contributed by atoms with Crippen LogP contribution in [-0.4, -0.2) is 61.1 Å². The van der Waals surface area contributed by atoms with Crippen molar-refractivity contribution in [1.29, 1.82) is 0 Å². The zero-order chi connectivity index (χ0) is 14.8. The molecule has 0 bridgehead atoms. The Kier molecular flexibility index (Phi) is 9.10. The van der Waals surface area contributed by atoms with Gasteiger partial charge in [-0.15, -0.1) is 0 Å². The molecule has 20 heavy (non-hydrogen) atoms. The van der Waals surface area contributed by atoms with Crippen LogP contribution >= 0.6 is 11.8 Å². The van der Waals surface area contributed by atoms with Gasteiger partial charge in [0.1, 0.15) is 0 Å². The molecule has 0 saturated carbocycles. The maximum absolute atomic E-state index is 4.71. The third kappa shape index (κ3) is 6.84. The van der Waals surface area contributed by atoms with Crippen molar-refractivity contribution in [3.63, 3.8) is 0 Å². The third-order valence-electron chi connectivity index (χ3n) is 3.92. The molecule has 2 N–H and O–H groups in total. The summed E-state index contributed by atoms with van der Waals surface area (Å²) in [4.78, 5) is 7.10. The fraction of sp³-hybridized carbons (Fsp3) is 0.933. The molecule has 0 radical (unpaired) electrons. The first-order valence-corrected chi connectivity index (χ1v) is 9.06. The molecule has 0 aliphatic carbocycles.